The molecule has 2 aliphatic rings. The van der Waals surface area contributed by atoms with Gasteiger partial charge in [-0.25, -0.2) is 9.97 Å². The Morgan fingerprint density at radius 1 is 1.21 bits per heavy atom. The third kappa shape index (κ3) is 1.55. The molecule has 1 fully saturated rings. The lowest BCUT2D eigenvalue weighted by Crippen LogP contribution is -2.40. The van der Waals surface area contributed by atoms with Gasteiger partial charge in [-0.3, -0.25) is 4.99 Å². The highest BCUT2D eigenvalue weighted by molar-refractivity contribution is 5.81. The van der Waals surface area contributed by atoms with Gasteiger partial charge in [-0.2, -0.15) is 0 Å². The molecule has 0 radical (unpaired) electrons. The maximum Gasteiger partial charge on any atom is 0.144 e. The molecular formula is C15H18N4. The zero-order chi connectivity index (χ0) is 12.9. The molecule has 19 heavy (non-hydrogen) atoms. The van der Waals surface area contributed by atoms with E-state index in [2.05, 4.69) is 31.8 Å². The summed E-state index contributed by atoms with van der Waals surface area (Å²) in [6.07, 6.45) is 10.4. The van der Waals surface area contributed by atoms with Gasteiger partial charge in [0.1, 0.15) is 11.5 Å². The van der Waals surface area contributed by atoms with Gasteiger partial charge in [0.05, 0.1) is 12.1 Å². The summed E-state index contributed by atoms with van der Waals surface area (Å²) in [6, 6.07) is 2.21. The second-order valence-electron chi connectivity index (χ2n) is 5.80. The topological polar surface area (TPSA) is 43.1 Å². The van der Waals surface area contributed by atoms with E-state index in [4.69, 9.17) is 0 Å². The summed E-state index contributed by atoms with van der Waals surface area (Å²) < 4.78 is 2.45. The molecule has 1 saturated carbocycles. The van der Waals surface area contributed by atoms with Gasteiger partial charge < -0.3 is 4.57 Å². The van der Waals surface area contributed by atoms with Crippen LogP contribution in [0.4, 0.5) is 0 Å². The molecular weight excluding hydrogens is 236 g/mol. The Morgan fingerprint density at radius 2 is 2.05 bits per heavy atom. The van der Waals surface area contributed by atoms with Crippen LogP contribution in [-0.2, 0) is 12.1 Å². The number of rotatable bonds is 0. The van der Waals surface area contributed by atoms with Crippen molar-refractivity contribution in [3.05, 3.63) is 23.8 Å². The molecule has 0 unspecified atom stereocenters. The minimum absolute atomic E-state index is 0.0778. The van der Waals surface area contributed by atoms with Crippen molar-refractivity contribution in [1.82, 2.24) is 14.5 Å². The number of aliphatic imine (C=N–C) groups is 1. The van der Waals surface area contributed by atoms with Crippen molar-refractivity contribution in [2.24, 2.45) is 4.99 Å². The zero-order valence-corrected chi connectivity index (χ0v) is 11.3. The summed E-state index contributed by atoms with van der Waals surface area (Å²) in [5, 5.41) is 1.15. The molecule has 4 nitrogen and oxygen atoms in total. The van der Waals surface area contributed by atoms with Crippen LogP contribution in [0, 0.1) is 6.92 Å². The molecule has 4 heteroatoms. The van der Waals surface area contributed by atoms with Gasteiger partial charge in [-0.15, -0.1) is 0 Å². The molecule has 0 N–H and O–H groups in total. The van der Waals surface area contributed by atoms with E-state index in [9.17, 15) is 0 Å². The number of hydrogen-bond acceptors (Lipinski definition) is 3. The first-order valence-electron chi connectivity index (χ1n) is 7.14. The molecule has 0 aromatic carbocycles. The molecule has 4 rings (SSSR count). The average molecular weight is 254 g/mol. The Kier molecular flexibility index (Phi) is 2.28. The predicted octanol–water partition coefficient (Wildman–Crippen LogP) is 2.98. The number of hydrogen-bond donors (Lipinski definition) is 0. The van der Waals surface area contributed by atoms with Crippen LogP contribution in [0.15, 0.2) is 17.3 Å². The van der Waals surface area contributed by atoms with Gasteiger partial charge in [0, 0.05) is 23.5 Å². The molecule has 0 amide bonds. The maximum atomic E-state index is 4.69. The van der Waals surface area contributed by atoms with Crippen molar-refractivity contribution in [2.75, 3.05) is 0 Å². The second-order valence-corrected chi connectivity index (χ2v) is 5.80. The highest BCUT2D eigenvalue weighted by Gasteiger charge is 2.37. The van der Waals surface area contributed by atoms with Crippen LogP contribution in [0.2, 0.25) is 0 Å². The van der Waals surface area contributed by atoms with E-state index in [1.54, 1.807) is 0 Å². The highest BCUT2D eigenvalue weighted by atomic mass is 15.2. The predicted molar refractivity (Wildman–Crippen MR) is 75.5 cm³/mol. The Bertz CT molecular complexity index is 662. The average Bonchev–Trinajstić information content (AvgIpc) is 2.79. The lowest BCUT2D eigenvalue weighted by atomic mass is 9.81. The molecule has 0 bridgehead atoms. The van der Waals surface area contributed by atoms with Crippen molar-refractivity contribution in [3.63, 3.8) is 0 Å². The first-order valence-corrected chi connectivity index (χ1v) is 7.14. The van der Waals surface area contributed by atoms with E-state index >= 15 is 0 Å². The van der Waals surface area contributed by atoms with Gasteiger partial charge >= 0.3 is 0 Å². The fourth-order valence-corrected chi connectivity index (χ4v) is 3.63. The fraction of sp³-hybridized carbons (Fsp3) is 0.533. The van der Waals surface area contributed by atoms with E-state index in [0.29, 0.717) is 0 Å². The van der Waals surface area contributed by atoms with Crippen LogP contribution in [-0.4, -0.2) is 20.7 Å². The molecule has 0 saturated heterocycles. The van der Waals surface area contributed by atoms with Crippen molar-refractivity contribution in [3.8, 4) is 0 Å². The Hall–Kier alpha value is -1.71. The quantitative estimate of drug-likeness (QED) is 0.725. The Labute approximate surface area is 112 Å². The largest absolute Gasteiger partial charge is 0.316 e. The molecule has 1 aliphatic carbocycles. The van der Waals surface area contributed by atoms with Gasteiger partial charge in [0.2, 0.25) is 0 Å². The normalized spacial score (nSPS) is 20.9. The number of nitrogens with zero attached hydrogens (tertiary/aromatic N) is 4. The summed E-state index contributed by atoms with van der Waals surface area (Å²) in [6.45, 7) is 2.74. The SMILES string of the molecule is Cc1ncc2cc3n(c2n1)C1(C=NC3)CCCCC1. The molecule has 0 atom stereocenters. The number of fused-ring (bicyclic) bond motifs is 4. The van der Waals surface area contributed by atoms with Crippen molar-refractivity contribution < 1.29 is 0 Å². The lowest BCUT2D eigenvalue weighted by molar-refractivity contribution is 0.282. The van der Waals surface area contributed by atoms with E-state index < -0.39 is 0 Å². The standard InChI is InChI=1S/C15H18N4/c1-11-17-8-12-7-13-9-16-10-15(5-3-2-4-6-15)19(13)14(12)18-11/h7-8,10H,2-6,9H2,1H3. The first-order chi connectivity index (χ1) is 9.28. The van der Waals surface area contributed by atoms with E-state index in [0.717, 1.165) is 23.4 Å². The monoisotopic (exact) mass is 254 g/mol. The molecule has 2 aromatic rings. The molecule has 98 valence electrons. The summed E-state index contributed by atoms with van der Waals surface area (Å²) >= 11 is 0. The van der Waals surface area contributed by atoms with Gasteiger partial charge in [-0.05, 0) is 25.8 Å². The highest BCUT2D eigenvalue weighted by Crippen LogP contribution is 2.39. The van der Waals surface area contributed by atoms with E-state index in [1.165, 1.54) is 37.8 Å². The van der Waals surface area contributed by atoms with Crippen LogP contribution >= 0.6 is 0 Å². The van der Waals surface area contributed by atoms with E-state index in [1.807, 2.05) is 13.1 Å². The fourth-order valence-electron chi connectivity index (χ4n) is 3.63. The minimum atomic E-state index is 0.0778. The zero-order valence-electron chi connectivity index (χ0n) is 11.3. The van der Waals surface area contributed by atoms with E-state index in [-0.39, 0.29) is 5.54 Å². The van der Waals surface area contributed by atoms with Crippen molar-refractivity contribution in [2.45, 2.75) is 51.1 Å². The molecule has 1 aliphatic heterocycles. The smallest absolute Gasteiger partial charge is 0.144 e. The molecule has 3 heterocycles. The van der Waals surface area contributed by atoms with Crippen LogP contribution in [0.25, 0.3) is 11.0 Å². The summed E-state index contributed by atoms with van der Waals surface area (Å²) in [7, 11) is 0. The number of aryl methyl sites for hydroxylation is 1. The van der Waals surface area contributed by atoms with Crippen LogP contribution in [0.5, 0.6) is 0 Å². The van der Waals surface area contributed by atoms with Gasteiger partial charge in [0.25, 0.3) is 0 Å². The lowest BCUT2D eigenvalue weighted by Gasteiger charge is -2.39. The third-order valence-electron chi connectivity index (χ3n) is 4.49. The first kappa shape index (κ1) is 11.1. The van der Waals surface area contributed by atoms with Crippen LogP contribution in [0.3, 0.4) is 0 Å². The Morgan fingerprint density at radius 3 is 2.89 bits per heavy atom. The van der Waals surface area contributed by atoms with Gasteiger partial charge in [-0.1, -0.05) is 19.3 Å². The van der Waals surface area contributed by atoms with Crippen LogP contribution < -0.4 is 0 Å². The van der Waals surface area contributed by atoms with Crippen molar-refractivity contribution in [1.29, 1.82) is 0 Å². The number of aromatic nitrogens is 3. The summed E-state index contributed by atoms with van der Waals surface area (Å²) in [5.74, 6) is 0.849. The summed E-state index contributed by atoms with van der Waals surface area (Å²) in [5.41, 5.74) is 2.46. The second kappa shape index (κ2) is 3.89. The van der Waals surface area contributed by atoms with Crippen LogP contribution in [0.1, 0.15) is 43.6 Å². The minimum Gasteiger partial charge on any atom is -0.316 e. The Balaban J connectivity index is 1.99. The maximum absolute atomic E-state index is 4.69. The van der Waals surface area contributed by atoms with Gasteiger partial charge in [0.15, 0.2) is 0 Å². The molecule has 2 aromatic heterocycles. The summed E-state index contributed by atoms with van der Waals surface area (Å²) in [4.78, 5) is 13.6. The third-order valence-corrected chi connectivity index (χ3v) is 4.49. The molecule has 1 spiro atoms. The van der Waals surface area contributed by atoms with Crippen molar-refractivity contribution >= 4 is 17.2 Å².